The van der Waals surface area contributed by atoms with Crippen molar-refractivity contribution in [3.8, 4) is 5.75 Å². The summed E-state index contributed by atoms with van der Waals surface area (Å²) in [5, 5.41) is 38.6. The molecule has 1 aromatic carbocycles. The molecule has 1 saturated heterocycles. The van der Waals surface area contributed by atoms with Crippen LogP contribution in [-0.4, -0.2) is 94.2 Å². The van der Waals surface area contributed by atoms with E-state index >= 15 is 0 Å². The molecule has 34 heavy (non-hydrogen) atoms. The summed E-state index contributed by atoms with van der Waals surface area (Å²) in [7, 11) is 0. The van der Waals surface area contributed by atoms with E-state index in [1.807, 2.05) is 0 Å². The number of aliphatic hydroxyl groups is 3. The number of carboxylic acids is 1. The summed E-state index contributed by atoms with van der Waals surface area (Å²) < 4.78 is 15.8. The third-order valence-electron chi connectivity index (χ3n) is 5.67. The second-order valence-corrected chi connectivity index (χ2v) is 8.42. The van der Waals surface area contributed by atoms with Crippen molar-refractivity contribution in [2.24, 2.45) is 0 Å². The molecular weight excluding hydrogens is 446 g/mol. The fourth-order valence-corrected chi connectivity index (χ4v) is 3.59. The van der Waals surface area contributed by atoms with E-state index in [0.717, 1.165) is 26.1 Å². The second kappa shape index (κ2) is 14.2. The molecule has 0 aliphatic carbocycles. The van der Waals surface area contributed by atoms with Gasteiger partial charge in [0.25, 0.3) is 0 Å². The number of rotatable bonds is 14. The van der Waals surface area contributed by atoms with Gasteiger partial charge in [-0.25, -0.2) is 9.59 Å². The van der Waals surface area contributed by atoms with Crippen molar-refractivity contribution in [2.75, 3.05) is 26.2 Å². The number of nitrogens with zero attached hydrogens (tertiary/aromatic N) is 1. The molecule has 1 aliphatic heterocycles. The van der Waals surface area contributed by atoms with Gasteiger partial charge >= 0.3 is 11.9 Å². The first-order valence-corrected chi connectivity index (χ1v) is 11.9. The van der Waals surface area contributed by atoms with Crippen LogP contribution in [0.5, 0.6) is 5.75 Å². The SMILES string of the molecule is CCCCN(CCCC)CCCOc1ccc(C(=O)O[C@@H]2O[C@H](C(=O)O)[C@@H](O)[C@H](O)[C@H]2O)cc1. The number of aliphatic carboxylic acids is 1. The Labute approximate surface area is 200 Å². The van der Waals surface area contributed by atoms with Crippen molar-refractivity contribution in [2.45, 2.75) is 76.7 Å². The third-order valence-corrected chi connectivity index (χ3v) is 5.67. The zero-order chi connectivity index (χ0) is 25.1. The Kier molecular flexibility index (Phi) is 11.7. The largest absolute Gasteiger partial charge is 0.494 e. The van der Waals surface area contributed by atoms with Crippen LogP contribution in [0.15, 0.2) is 24.3 Å². The predicted octanol–water partition coefficient (Wildman–Crippen LogP) is 1.41. The fraction of sp³-hybridized carbons (Fsp3) is 0.667. The lowest BCUT2D eigenvalue weighted by Gasteiger charge is -2.37. The van der Waals surface area contributed by atoms with E-state index in [9.17, 15) is 24.9 Å². The molecule has 0 unspecified atom stereocenters. The van der Waals surface area contributed by atoms with Gasteiger partial charge in [0.05, 0.1) is 12.2 Å². The van der Waals surface area contributed by atoms with E-state index in [1.54, 1.807) is 12.1 Å². The second-order valence-electron chi connectivity index (χ2n) is 8.42. The molecule has 0 spiro atoms. The number of carbonyl (C=O) groups excluding carboxylic acids is 1. The van der Waals surface area contributed by atoms with Gasteiger partial charge in [0.2, 0.25) is 6.29 Å². The molecule has 0 radical (unpaired) electrons. The van der Waals surface area contributed by atoms with Gasteiger partial charge in [0.15, 0.2) is 6.10 Å². The molecule has 2 rings (SSSR count). The van der Waals surface area contributed by atoms with Crippen LogP contribution >= 0.6 is 0 Å². The lowest BCUT2D eigenvalue weighted by Crippen LogP contribution is -2.60. The highest BCUT2D eigenvalue weighted by atomic mass is 16.7. The quantitative estimate of drug-likeness (QED) is 0.226. The van der Waals surface area contributed by atoms with Gasteiger partial charge in [-0.15, -0.1) is 0 Å². The van der Waals surface area contributed by atoms with Crippen LogP contribution in [0.2, 0.25) is 0 Å². The zero-order valence-corrected chi connectivity index (χ0v) is 19.8. The van der Waals surface area contributed by atoms with Crippen LogP contribution in [0.1, 0.15) is 56.3 Å². The third kappa shape index (κ3) is 8.21. The molecule has 0 saturated carbocycles. The molecule has 1 heterocycles. The maximum Gasteiger partial charge on any atom is 0.340 e. The highest BCUT2D eigenvalue weighted by Gasteiger charge is 2.48. The normalized spacial score (nSPS) is 24.7. The molecule has 0 amide bonds. The number of hydrogen-bond acceptors (Lipinski definition) is 9. The van der Waals surface area contributed by atoms with Crippen LogP contribution in [0.3, 0.4) is 0 Å². The summed E-state index contributed by atoms with van der Waals surface area (Å²) in [6.07, 6.45) is -3.50. The Morgan fingerprint density at radius 1 is 0.912 bits per heavy atom. The number of ether oxygens (including phenoxy) is 3. The fourth-order valence-electron chi connectivity index (χ4n) is 3.59. The van der Waals surface area contributed by atoms with Gasteiger partial charge in [-0.05, 0) is 56.6 Å². The van der Waals surface area contributed by atoms with Gasteiger partial charge in [0, 0.05) is 6.54 Å². The lowest BCUT2D eigenvalue weighted by molar-refractivity contribution is -0.278. The highest BCUT2D eigenvalue weighted by Crippen LogP contribution is 2.23. The van der Waals surface area contributed by atoms with Gasteiger partial charge < -0.3 is 39.5 Å². The number of unbranched alkanes of at least 4 members (excludes halogenated alkanes) is 2. The van der Waals surface area contributed by atoms with Crippen molar-refractivity contribution < 1.29 is 44.2 Å². The zero-order valence-electron chi connectivity index (χ0n) is 19.8. The van der Waals surface area contributed by atoms with Crippen LogP contribution in [0.25, 0.3) is 0 Å². The Bertz CT molecular complexity index is 749. The van der Waals surface area contributed by atoms with E-state index < -0.39 is 42.6 Å². The smallest absolute Gasteiger partial charge is 0.340 e. The first-order valence-electron chi connectivity index (χ1n) is 11.9. The van der Waals surface area contributed by atoms with Crippen LogP contribution in [-0.2, 0) is 14.3 Å². The maximum absolute atomic E-state index is 12.4. The van der Waals surface area contributed by atoms with Crippen molar-refractivity contribution in [3.05, 3.63) is 29.8 Å². The van der Waals surface area contributed by atoms with Gasteiger partial charge in [0.1, 0.15) is 24.1 Å². The summed E-state index contributed by atoms with van der Waals surface area (Å²) in [6, 6.07) is 6.17. The molecule has 1 aliphatic rings. The average Bonchev–Trinajstić information content (AvgIpc) is 2.83. The molecule has 4 N–H and O–H groups in total. The standard InChI is InChI=1S/C24H37NO9/c1-3-5-12-25(13-6-4-2)14-7-15-32-17-10-8-16(9-11-17)23(31)34-24-20(28)18(26)19(27)21(33-24)22(29)30/h8-11,18-21,24,26-28H,3-7,12-15H2,1-2H3,(H,29,30)/t18-,19-,20+,21-,24-/m0/s1. The summed E-state index contributed by atoms with van der Waals surface area (Å²) in [5.41, 5.74) is 0.126. The number of hydrogen-bond donors (Lipinski definition) is 4. The van der Waals surface area contributed by atoms with Gasteiger partial charge in [-0.3, -0.25) is 0 Å². The van der Waals surface area contributed by atoms with Crippen molar-refractivity contribution in [1.29, 1.82) is 0 Å². The average molecular weight is 484 g/mol. The van der Waals surface area contributed by atoms with E-state index in [0.29, 0.717) is 12.4 Å². The summed E-state index contributed by atoms with van der Waals surface area (Å²) in [6.45, 7) is 8.06. The van der Waals surface area contributed by atoms with Crippen LogP contribution < -0.4 is 4.74 Å². The number of carbonyl (C=O) groups is 2. The minimum absolute atomic E-state index is 0.126. The number of carboxylic acid groups (broad SMARTS) is 1. The molecule has 5 atom stereocenters. The first kappa shape index (κ1) is 28.0. The first-order chi connectivity index (χ1) is 16.3. The predicted molar refractivity (Wildman–Crippen MR) is 123 cm³/mol. The van der Waals surface area contributed by atoms with Gasteiger partial charge in [-0.1, -0.05) is 26.7 Å². The van der Waals surface area contributed by atoms with Crippen molar-refractivity contribution >= 4 is 11.9 Å². The van der Waals surface area contributed by atoms with Crippen LogP contribution in [0.4, 0.5) is 0 Å². The Morgan fingerprint density at radius 3 is 2.06 bits per heavy atom. The van der Waals surface area contributed by atoms with Crippen LogP contribution in [0, 0.1) is 0 Å². The molecule has 10 heteroatoms. The Hall–Kier alpha value is -2.24. The minimum atomic E-state index is -1.86. The highest BCUT2D eigenvalue weighted by molar-refractivity contribution is 5.89. The molecular formula is C24H37NO9. The maximum atomic E-state index is 12.4. The van der Waals surface area contributed by atoms with Gasteiger partial charge in [-0.2, -0.15) is 0 Å². The van der Waals surface area contributed by atoms with E-state index in [1.165, 1.54) is 37.8 Å². The lowest BCUT2D eigenvalue weighted by atomic mass is 9.99. The summed E-state index contributed by atoms with van der Waals surface area (Å²) >= 11 is 0. The Morgan fingerprint density at radius 2 is 1.50 bits per heavy atom. The molecule has 192 valence electrons. The molecule has 10 nitrogen and oxygen atoms in total. The number of esters is 1. The van der Waals surface area contributed by atoms with Crippen molar-refractivity contribution in [3.63, 3.8) is 0 Å². The minimum Gasteiger partial charge on any atom is -0.494 e. The van der Waals surface area contributed by atoms with Crippen molar-refractivity contribution in [1.82, 2.24) is 4.90 Å². The number of aliphatic hydroxyl groups excluding tert-OH is 3. The monoisotopic (exact) mass is 483 g/mol. The molecule has 0 aromatic heterocycles. The molecule has 1 fully saturated rings. The molecule has 0 bridgehead atoms. The Balaban J connectivity index is 1.83. The van der Waals surface area contributed by atoms with E-state index in [-0.39, 0.29) is 5.56 Å². The summed E-state index contributed by atoms with van der Waals surface area (Å²) in [4.78, 5) is 26.0. The summed E-state index contributed by atoms with van der Waals surface area (Å²) in [5.74, 6) is -1.85. The number of benzene rings is 1. The molecule has 1 aromatic rings. The van der Waals surface area contributed by atoms with E-state index in [4.69, 9.17) is 19.3 Å². The van der Waals surface area contributed by atoms with E-state index in [2.05, 4.69) is 18.7 Å². The topological polar surface area (TPSA) is 146 Å².